The monoisotopic (exact) mass is 389 g/mol. The molecular formula is C15H24IN3O. The topological polar surface area (TPSA) is 45.7 Å². The van der Waals surface area contributed by atoms with Crippen molar-refractivity contribution in [3.63, 3.8) is 0 Å². The van der Waals surface area contributed by atoms with Gasteiger partial charge < -0.3 is 15.4 Å². The third-order valence-corrected chi connectivity index (χ3v) is 3.16. The third-order valence-electron chi connectivity index (χ3n) is 3.16. The molecule has 5 heteroatoms. The van der Waals surface area contributed by atoms with Crippen molar-refractivity contribution >= 4 is 29.9 Å². The maximum Gasteiger partial charge on any atom is 0.191 e. The number of halogens is 1. The molecule has 0 amide bonds. The number of aliphatic imine (C=N–C) groups is 1. The van der Waals surface area contributed by atoms with Gasteiger partial charge in [-0.3, -0.25) is 4.99 Å². The van der Waals surface area contributed by atoms with Gasteiger partial charge in [0.2, 0.25) is 0 Å². The lowest BCUT2D eigenvalue weighted by molar-refractivity contribution is 0.322. The van der Waals surface area contributed by atoms with Gasteiger partial charge in [0.1, 0.15) is 12.4 Å². The van der Waals surface area contributed by atoms with Gasteiger partial charge in [-0.15, -0.1) is 24.0 Å². The van der Waals surface area contributed by atoms with E-state index in [0.29, 0.717) is 6.61 Å². The normalized spacial score (nSPS) is 14.4. The number of nitrogens with one attached hydrogen (secondary N) is 2. The molecule has 0 saturated heterocycles. The summed E-state index contributed by atoms with van der Waals surface area (Å²) in [5, 5.41) is 6.57. The first kappa shape index (κ1) is 17.1. The summed E-state index contributed by atoms with van der Waals surface area (Å²) in [6.07, 6.45) is 2.70. The largest absolute Gasteiger partial charge is 0.492 e. The van der Waals surface area contributed by atoms with E-state index < -0.39 is 0 Å². The Balaban J connectivity index is 0.00000200. The van der Waals surface area contributed by atoms with Crippen molar-refractivity contribution in [2.24, 2.45) is 10.9 Å². The Kier molecular flexibility index (Phi) is 7.72. The van der Waals surface area contributed by atoms with E-state index in [2.05, 4.69) is 34.7 Å². The lowest BCUT2D eigenvalue weighted by Gasteiger charge is -2.12. The minimum Gasteiger partial charge on any atom is -0.492 e. The summed E-state index contributed by atoms with van der Waals surface area (Å²) in [5.41, 5.74) is 1.25. The zero-order valence-corrected chi connectivity index (χ0v) is 14.5. The molecule has 1 aromatic carbocycles. The highest BCUT2D eigenvalue weighted by Crippen LogP contribution is 2.27. The summed E-state index contributed by atoms with van der Waals surface area (Å²) in [4.78, 5) is 4.18. The van der Waals surface area contributed by atoms with Gasteiger partial charge in [0.05, 0.1) is 6.54 Å². The molecule has 1 aromatic rings. The van der Waals surface area contributed by atoms with E-state index in [1.165, 1.54) is 18.4 Å². The second-order valence-corrected chi connectivity index (χ2v) is 4.98. The quantitative estimate of drug-likeness (QED) is 0.340. The van der Waals surface area contributed by atoms with E-state index in [4.69, 9.17) is 4.74 Å². The van der Waals surface area contributed by atoms with Gasteiger partial charge in [-0.1, -0.05) is 17.7 Å². The number of rotatable bonds is 6. The maximum absolute atomic E-state index is 5.65. The van der Waals surface area contributed by atoms with E-state index in [-0.39, 0.29) is 24.0 Å². The Morgan fingerprint density at radius 3 is 2.55 bits per heavy atom. The number of hydrogen-bond acceptors (Lipinski definition) is 2. The van der Waals surface area contributed by atoms with Gasteiger partial charge >= 0.3 is 0 Å². The molecule has 0 aromatic heterocycles. The Morgan fingerprint density at radius 2 is 1.95 bits per heavy atom. The molecule has 0 unspecified atom stereocenters. The zero-order chi connectivity index (χ0) is 13.5. The fourth-order valence-electron chi connectivity index (χ4n) is 1.76. The van der Waals surface area contributed by atoms with Crippen LogP contribution in [0.1, 0.15) is 18.4 Å². The first-order valence-corrected chi connectivity index (χ1v) is 6.92. The van der Waals surface area contributed by atoms with Crippen molar-refractivity contribution < 1.29 is 4.74 Å². The summed E-state index contributed by atoms with van der Waals surface area (Å²) in [5.74, 6) is 2.62. The van der Waals surface area contributed by atoms with Gasteiger partial charge in [-0.2, -0.15) is 0 Å². The van der Waals surface area contributed by atoms with Crippen LogP contribution in [0.25, 0.3) is 0 Å². The molecule has 1 fully saturated rings. The van der Waals surface area contributed by atoms with Crippen LogP contribution in [0.3, 0.4) is 0 Å². The molecule has 1 aliphatic carbocycles. The van der Waals surface area contributed by atoms with Crippen LogP contribution < -0.4 is 15.4 Å². The fourth-order valence-corrected chi connectivity index (χ4v) is 1.76. The van der Waals surface area contributed by atoms with E-state index in [1.54, 1.807) is 7.05 Å². The number of benzene rings is 1. The molecule has 2 N–H and O–H groups in total. The summed E-state index contributed by atoms with van der Waals surface area (Å²) in [6.45, 7) is 4.48. The number of nitrogens with zero attached hydrogens (tertiary/aromatic N) is 1. The third kappa shape index (κ3) is 6.45. The molecule has 0 aliphatic heterocycles. The van der Waals surface area contributed by atoms with E-state index in [1.807, 2.05) is 12.1 Å². The number of ether oxygens (including phenoxy) is 1. The smallest absolute Gasteiger partial charge is 0.191 e. The molecule has 2 rings (SSSR count). The van der Waals surface area contributed by atoms with Gasteiger partial charge in [-0.25, -0.2) is 0 Å². The molecule has 0 atom stereocenters. The molecule has 4 nitrogen and oxygen atoms in total. The molecule has 20 heavy (non-hydrogen) atoms. The second kappa shape index (κ2) is 9.05. The van der Waals surface area contributed by atoms with E-state index in [0.717, 1.165) is 30.7 Å². The van der Waals surface area contributed by atoms with Crippen LogP contribution in [0, 0.1) is 12.8 Å². The lowest BCUT2D eigenvalue weighted by Crippen LogP contribution is -2.40. The minimum atomic E-state index is 0. The van der Waals surface area contributed by atoms with E-state index >= 15 is 0 Å². The van der Waals surface area contributed by atoms with Gasteiger partial charge in [0.25, 0.3) is 0 Å². The number of hydrogen-bond donors (Lipinski definition) is 2. The SMILES string of the molecule is CN=C(NCCOc1ccc(C)cc1)NCC1CC1.I. The van der Waals surface area contributed by atoms with Crippen LogP contribution in [0.4, 0.5) is 0 Å². The fraction of sp³-hybridized carbons (Fsp3) is 0.533. The maximum atomic E-state index is 5.65. The highest BCUT2D eigenvalue weighted by Gasteiger charge is 2.20. The van der Waals surface area contributed by atoms with Crippen molar-refractivity contribution in [1.29, 1.82) is 0 Å². The molecular weight excluding hydrogens is 365 g/mol. The predicted molar refractivity (Wildman–Crippen MR) is 94.2 cm³/mol. The molecule has 112 valence electrons. The average Bonchev–Trinajstić information content (AvgIpc) is 3.24. The van der Waals surface area contributed by atoms with Crippen LogP contribution in [0.2, 0.25) is 0 Å². The van der Waals surface area contributed by atoms with Crippen molar-refractivity contribution in [1.82, 2.24) is 10.6 Å². The Bertz CT molecular complexity index is 416. The zero-order valence-electron chi connectivity index (χ0n) is 12.2. The Morgan fingerprint density at radius 1 is 1.25 bits per heavy atom. The standard InChI is InChI=1S/C15H23N3O.HI/c1-12-3-7-14(8-4-12)19-10-9-17-15(16-2)18-11-13-5-6-13;/h3-4,7-8,13H,5-6,9-11H2,1-2H3,(H2,16,17,18);1H. The molecule has 1 aliphatic rings. The van der Waals surface area contributed by atoms with Crippen LogP contribution in [0.15, 0.2) is 29.3 Å². The Labute approximate surface area is 138 Å². The number of guanidine groups is 1. The molecule has 1 saturated carbocycles. The predicted octanol–water partition coefficient (Wildman–Crippen LogP) is 2.57. The van der Waals surface area contributed by atoms with Gasteiger partial charge in [-0.05, 0) is 37.8 Å². The Hall–Kier alpha value is -0.980. The summed E-state index contributed by atoms with van der Waals surface area (Å²) in [7, 11) is 1.79. The molecule has 0 radical (unpaired) electrons. The number of aryl methyl sites for hydroxylation is 1. The molecule has 0 bridgehead atoms. The van der Waals surface area contributed by atoms with Crippen LogP contribution >= 0.6 is 24.0 Å². The van der Waals surface area contributed by atoms with Gasteiger partial charge in [0.15, 0.2) is 5.96 Å². The van der Waals surface area contributed by atoms with Gasteiger partial charge in [0, 0.05) is 13.6 Å². The van der Waals surface area contributed by atoms with Crippen molar-refractivity contribution in [3.8, 4) is 5.75 Å². The first-order valence-electron chi connectivity index (χ1n) is 6.92. The lowest BCUT2D eigenvalue weighted by atomic mass is 10.2. The second-order valence-electron chi connectivity index (χ2n) is 4.98. The molecule has 0 heterocycles. The highest BCUT2D eigenvalue weighted by molar-refractivity contribution is 14.0. The highest BCUT2D eigenvalue weighted by atomic mass is 127. The van der Waals surface area contributed by atoms with Crippen molar-refractivity contribution in [2.75, 3.05) is 26.7 Å². The minimum absolute atomic E-state index is 0. The van der Waals surface area contributed by atoms with Crippen LogP contribution in [0.5, 0.6) is 5.75 Å². The molecule has 0 spiro atoms. The van der Waals surface area contributed by atoms with Crippen molar-refractivity contribution in [3.05, 3.63) is 29.8 Å². The first-order chi connectivity index (χ1) is 9.28. The summed E-state index contributed by atoms with van der Waals surface area (Å²) >= 11 is 0. The van der Waals surface area contributed by atoms with E-state index in [9.17, 15) is 0 Å². The summed E-state index contributed by atoms with van der Waals surface area (Å²) < 4.78 is 5.65. The average molecular weight is 389 g/mol. The van der Waals surface area contributed by atoms with Crippen molar-refractivity contribution in [2.45, 2.75) is 19.8 Å². The van der Waals surface area contributed by atoms with Crippen LogP contribution in [-0.4, -0.2) is 32.7 Å². The summed E-state index contributed by atoms with van der Waals surface area (Å²) in [6, 6.07) is 8.10. The van der Waals surface area contributed by atoms with Crippen LogP contribution in [-0.2, 0) is 0 Å².